The molecule has 12 nitrogen and oxygen atoms in total. The van der Waals surface area contributed by atoms with Crippen molar-refractivity contribution in [3.05, 3.63) is 48.0 Å². The topological polar surface area (TPSA) is 200 Å². The van der Waals surface area contributed by atoms with Crippen molar-refractivity contribution in [2.45, 2.75) is 43.9 Å². The van der Waals surface area contributed by atoms with Crippen molar-refractivity contribution in [3.8, 4) is 5.75 Å². The summed E-state index contributed by atoms with van der Waals surface area (Å²) >= 11 is 3.93. The fourth-order valence-corrected chi connectivity index (χ4v) is 3.18. The molecule has 0 spiro atoms. The van der Waals surface area contributed by atoms with Crippen LogP contribution in [0.1, 0.15) is 18.2 Å². The van der Waals surface area contributed by atoms with Gasteiger partial charge in [-0.2, -0.15) is 12.6 Å². The average molecular weight is 493 g/mol. The van der Waals surface area contributed by atoms with Crippen LogP contribution < -0.4 is 21.7 Å². The highest BCUT2D eigenvalue weighted by molar-refractivity contribution is 7.80. The number of H-pyrrole nitrogens is 1. The number of nitrogens with zero attached hydrogens (tertiary/aromatic N) is 1. The minimum absolute atomic E-state index is 0.0103. The van der Waals surface area contributed by atoms with Crippen molar-refractivity contribution in [2.24, 2.45) is 5.73 Å². The number of phenols is 1. The maximum atomic E-state index is 13.2. The molecule has 8 N–H and O–H groups in total. The zero-order valence-electron chi connectivity index (χ0n) is 18.4. The number of aromatic amines is 1. The summed E-state index contributed by atoms with van der Waals surface area (Å²) in [5.41, 5.74) is 6.78. The van der Waals surface area contributed by atoms with Gasteiger partial charge in [0, 0.05) is 30.5 Å². The number of aromatic nitrogens is 2. The largest absolute Gasteiger partial charge is 0.508 e. The molecule has 184 valence electrons. The molecule has 0 bridgehead atoms. The van der Waals surface area contributed by atoms with Crippen LogP contribution in [-0.4, -0.2) is 73.8 Å². The van der Waals surface area contributed by atoms with E-state index in [1.54, 1.807) is 12.1 Å². The van der Waals surface area contributed by atoms with E-state index in [2.05, 4.69) is 38.5 Å². The number of aliphatic carboxylic acids is 1. The number of carbonyl (C=O) groups is 4. The van der Waals surface area contributed by atoms with Gasteiger partial charge in [0.15, 0.2) is 0 Å². The van der Waals surface area contributed by atoms with Crippen molar-refractivity contribution in [2.75, 3.05) is 5.75 Å². The summed E-state index contributed by atoms with van der Waals surface area (Å²) in [6, 6.07) is 1.64. The standard InChI is InChI=1S/C21H28N6O6S/c1-11(22)18(29)25-15(6-12-2-4-14(28)5-3-12)19(30)26-16(7-13-8-23-10-24-13)20(31)27-17(9-34)21(32)33/h2-5,8,10-11,15-17,28,34H,6-7,9,22H2,1H3,(H,23,24)(H,25,29)(H,26,30)(H,27,31)(H,32,33). The molecule has 3 amide bonds. The third-order valence-corrected chi connectivity index (χ3v) is 5.20. The first-order valence-corrected chi connectivity index (χ1v) is 11.0. The first-order chi connectivity index (χ1) is 16.1. The Labute approximate surface area is 201 Å². The van der Waals surface area contributed by atoms with E-state index < -0.39 is 47.9 Å². The molecule has 13 heteroatoms. The zero-order valence-corrected chi connectivity index (χ0v) is 19.3. The molecule has 4 atom stereocenters. The van der Waals surface area contributed by atoms with Crippen molar-refractivity contribution in [3.63, 3.8) is 0 Å². The molecule has 0 radical (unpaired) electrons. The van der Waals surface area contributed by atoms with Crippen molar-refractivity contribution in [1.82, 2.24) is 25.9 Å². The predicted molar refractivity (Wildman–Crippen MR) is 125 cm³/mol. The first kappa shape index (κ1) is 26.7. The van der Waals surface area contributed by atoms with Gasteiger partial charge in [-0.1, -0.05) is 12.1 Å². The Hall–Kier alpha value is -3.58. The van der Waals surface area contributed by atoms with Gasteiger partial charge < -0.3 is 36.9 Å². The van der Waals surface area contributed by atoms with Gasteiger partial charge in [-0.05, 0) is 24.6 Å². The van der Waals surface area contributed by atoms with Crippen LogP contribution in [0.25, 0.3) is 0 Å². The van der Waals surface area contributed by atoms with Gasteiger partial charge in [0.05, 0.1) is 12.4 Å². The molecular formula is C21H28N6O6S. The lowest BCUT2D eigenvalue weighted by Crippen LogP contribution is -2.58. The number of imidazole rings is 1. The van der Waals surface area contributed by atoms with Gasteiger partial charge in [-0.15, -0.1) is 0 Å². The molecule has 0 saturated heterocycles. The van der Waals surface area contributed by atoms with E-state index in [1.165, 1.54) is 31.6 Å². The number of hydrogen-bond acceptors (Lipinski definition) is 8. The Kier molecular flexibility index (Phi) is 9.89. The molecule has 2 rings (SSSR count). The molecule has 0 saturated carbocycles. The summed E-state index contributed by atoms with van der Waals surface area (Å²) in [4.78, 5) is 56.2. The number of phenolic OH excluding ortho intramolecular Hbond substituents is 1. The Balaban J connectivity index is 2.24. The normalized spacial score (nSPS) is 14.3. The van der Waals surface area contributed by atoms with Crippen LogP contribution in [-0.2, 0) is 32.0 Å². The Morgan fingerprint density at radius 3 is 2.06 bits per heavy atom. The maximum Gasteiger partial charge on any atom is 0.327 e. The van der Waals surface area contributed by atoms with Crippen LogP contribution in [0, 0.1) is 0 Å². The Morgan fingerprint density at radius 2 is 1.56 bits per heavy atom. The molecule has 1 aromatic heterocycles. The lowest BCUT2D eigenvalue weighted by Gasteiger charge is -2.24. The highest BCUT2D eigenvalue weighted by Crippen LogP contribution is 2.12. The summed E-state index contributed by atoms with van der Waals surface area (Å²) < 4.78 is 0. The number of nitrogens with two attached hydrogens (primary N) is 1. The highest BCUT2D eigenvalue weighted by atomic mass is 32.1. The number of carboxylic acid groups (broad SMARTS) is 1. The number of nitrogens with one attached hydrogen (secondary N) is 4. The average Bonchev–Trinajstić information content (AvgIpc) is 3.30. The summed E-state index contributed by atoms with van der Waals surface area (Å²) in [7, 11) is 0. The number of rotatable bonds is 12. The van der Waals surface area contributed by atoms with Gasteiger partial charge in [0.1, 0.15) is 23.9 Å². The number of hydrogen-bond donors (Lipinski definition) is 8. The highest BCUT2D eigenvalue weighted by Gasteiger charge is 2.30. The Morgan fingerprint density at radius 1 is 1.00 bits per heavy atom. The van der Waals surface area contributed by atoms with E-state index in [0.29, 0.717) is 11.3 Å². The van der Waals surface area contributed by atoms with Crippen LogP contribution in [0.4, 0.5) is 0 Å². The van der Waals surface area contributed by atoms with Crippen molar-refractivity contribution < 1.29 is 29.4 Å². The second-order valence-electron chi connectivity index (χ2n) is 7.64. The van der Waals surface area contributed by atoms with Crippen molar-refractivity contribution in [1.29, 1.82) is 0 Å². The number of thiol groups is 1. The number of benzene rings is 1. The quantitative estimate of drug-likeness (QED) is 0.167. The summed E-state index contributed by atoms with van der Waals surface area (Å²) in [5.74, 6) is -3.39. The minimum Gasteiger partial charge on any atom is -0.508 e. The number of amides is 3. The molecule has 1 aromatic carbocycles. The third-order valence-electron chi connectivity index (χ3n) is 4.83. The monoisotopic (exact) mass is 492 g/mol. The molecule has 2 aromatic rings. The molecule has 34 heavy (non-hydrogen) atoms. The van der Waals surface area contributed by atoms with E-state index in [-0.39, 0.29) is 24.3 Å². The fraction of sp³-hybridized carbons (Fsp3) is 0.381. The van der Waals surface area contributed by atoms with Crippen LogP contribution in [0.5, 0.6) is 5.75 Å². The van der Waals surface area contributed by atoms with E-state index in [0.717, 1.165) is 0 Å². The van der Waals surface area contributed by atoms with Gasteiger partial charge in [-0.25, -0.2) is 9.78 Å². The van der Waals surface area contributed by atoms with E-state index >= 15 is 0 Å². The zero-order chi connectivity index (χ0) is 25.3. The predicted octanol–water partition coefficient (Wildman–Crippen LogP) is -1.28. The lowest BCUT2D eigenvalue weighted by atomic mass is 10.0. The molecule has 4 unspecified atom stereocenters. The van der Waals surface area contributed by atoms with Gasteiger partial charge in [0.25, 0.3) is 0 Å². The molecule has 0 aliphatic rings. The molecule has 1 heterocycles. The van der Waals surface area contributed by atoms with Crippen LogP contribution in [0.15, 0.2) is 36.8 Å². The smallest absolute Gasteiger partial charge is 0.327 e. The van der Waals surface area contributed by atoms with E-state index in [4.69, 9.17) is 5.73 Å². The minimum atomic E-state index is -1.27. The van der Waals surface area contributed by atoms with Crippen LogP contribution in [0.3, 0.4) is 0 Å². The van der Waals surface area contributed by atoms with Crippen LogP contribution in [0.2, 0.25) is 0 Å². The summed E-state index contributed by atoms with van der Waals surface area (Å²) in [6.45, 7) is 1.46. The maximum absolute atomic E-state index is 13.2. The Bertz CT molecular complexity index is 982. The van der Waals surface area contributed by atoms with Gasteiger partial charge in [0.2, 0.25) is 17.7 Å². The summed E-state index contributed by atoms with van der Waals surface area (Å²) in [5, 5.41) is 26.2. The summed E-state index contributed by atoms with van der Waals surface area (Å²) in [6.07, 6.45) is 2.91. The SMILES string of the molecule is CC(N)C(=O)NC(Cc1ccc(O)cc1)C(=O)NC(Cc1cnc[nH]1)C(=O)NC(CS)C(=O)O. The van der Waals surface area contributed by atoms with E-state index in [9.17, 15) is 29.4 Å². The van der Waals surface area contributed by atoms with Crippen LogP contribution >= 0.6 is 12.6 Å². The van der Waals surface area contributed by atoms with E-state index in [1.807, 2.05) is 0 Å². The second-order valence-corrected chi connectivity index (χ2v) is 8.01. The molecule has 0 aliphatic heterocycles. The molecule has 0 fully saturated rings. The molecule has 0 aliphatic carbocycles. The lowest BCUT2D eigenvalue weighted by molar-refractivity contribution is -0.141. The first-order valence-electron chi connectivity index (χ1n) is 10.4. The number of aromatic hydroxyl groups is 1. The molecular weight excluding hydrogens is 464 g/mol. The van der Waals surface area contributed by atoms with Gasteiger partial charge in [-0.3, -0.25) is 14.4 Å². The second kappa shape index (κ2) is 12.6. The fourth-order valence-electron chi connectivity index (χ4n) is 2.94. The number of carboxylic acids is 1. The van der Waals surface area contributed by atoms with Gasteiger partial charge >= 0.3 is 5.97 Å². The third kappa shape index (κ3) is 8.08. The van der Waals surface area contributed by atoms with Crippen molar-refractivity contribution >= 4 is 36.3 Å². The number of carbonyl (C=O) groups excluding carboxylic acids is 3.